The Morgan fingerprint density at radius 2 is 2.06 bits per heavy atom. The van der Waals surface area contributed by atoms with Gasteiger partial charge in [-0.3, -0.25) is 9.79 Å². The van der Waals surface area contributed by atoms with Gasteiger partial charge in [-0.15, -0.1) is 6.42 Å². The SMILES string of the molecule is [B]C([B])(C#C)Oc1cnc(C(=O)Nc2cc(F)c(F)c([C@]3(C)C[C@](C)(COC)SC(N)=N3)c2)cn1. The molecule has 2 aromatic rings. The van der Waals surface area contributed by atoms with Crippen LogP contribution < -0.4 is 15.8 Å². The third-order valence-corrected chi connectivity index (χ3v) is 6.16. The fraction of sp³-hybridized carbons (Fsp3) is 0.364. The molecule has 0 bridgehead atoms. The normalized spacial score (nSPS) is 22.1. The molecule has 1 aromatic heterocycles. The molecule has 35 heavy (non-hydrogen) atoms. The molecule has 0 saturated heterocycles. The molecular formula is C22H21B2F2N5O3S. The van der Waals surface area contributed by atoms with Crippen LogP contribution in [0.25, 0.3) is 0 Å². The molecule has 4 radical (unpaired) electrons. The number of nitrogens with one attached hydrogen (secondary N) is 1. The maximum absolute atomic E-state index is 14.9. The van der Waals surface area contributed by atoms with Gasteiger partial charge >= 0.3 is 0 Å². The van der Waals surface area contributed by atoms with Crippen LogP contribution in [0.15, 0.2) is 29.5 Å². The van der Waals surface area contributed by atoms with Crippen molar-refractivity contribution in [1.29, 1.82) is 0 Å². The van der Waals surface area contributed by atoms with Gasteiger partial charge in [-0.05, 0) is 26.3 Å². The van der Waals surface area contributed by atoms with Gasteiger partial charge in [-0.1, -0.05) is 17.7 Å². The monoisotopic (exact) mass is 495 g/mol. The van der Waals surface area contributed by atoms with Gasteiger partial charge in [0.1, 0.15) is 21.4 Å². The molecule has 1 amide bonds. The number of anilines is 1. The summed E-state index contributed by atoms with van der Waals surface area (Å²) in [5.74, 6) is -1.08. The zero-order chi connectivity index (χ0) is 26.0. The van der Waals surface area contributed by atoms with Crippen molar-refractivity contribution < 1.29 is 23.0 Å². The number of amidine groups is 1. The third kappa shape index (κ3) is 6.13. The first-order valence-corrected chi connectivity index (χ1v) is 11.0. The van der Waals surface area contributed by atoms with Gasteiger partial charge in [-0.2, -0.15) is 0 Å². The van der Waals surface area contributed by atoms with Gasteiger partial charge in [-0.25, -0.2) is 18.7 Å². The molecule has 0 fully saturated rings. The number of aliphatic imine (C=N–C) groups is 1. The number of carbonyl (C=O) groups is 1. The van der Waals surface area contributed by atoms with Crippen molar-refractivity contribution in [1.82, 2.24) is 9.97 Å². The Morgan fingerprint density at radius 1 is 1.34 bits per heavy atom. The molecule has 2 atom stereocenters. The number of nitrogens with two attached hydrogens (primary N) is 1. The Hall–Kier alpha value is -3.10. The first-order valence-electron chi connectivity index (χ1n) is 10.2. The van der Waals surface area contributed by atoms with Crippen LogP contribution in [0.3, 0.4) is 0 Å². The Balaban J connectivity index is 1.88. The van der Waals surface area contributed by atoms with E-state index in [-0.39, 0.29) is 28.0 Å². The van der Waals surface area contributed by atoms with E-state index in [1.807, 2.05) is 12.8 Å². The first kappa shape index (κ1) is 26.5. The molecular weight excluding hydrogens is 474 g/mol. The van der Waals surface area contributed by atoms with E-state index >= 15 is 0 Å². The summed E-state index contributed by atoms with van der Waals surface area (Å²) in [6, 6.07) is 2.17. The summed E-state index contributed by atoms with van der Waals surface area (Å²) in [6.07, 6.45) is 7.62. The lowest BCUT2D eigenvalue weighted by molar-refractivity contribution is 0.102. The molecule has 3 rings (SSSR count). The number of halogens is 2. The van der Waals surface area contributed by atoms with E-state index in [0.29, 0.717) is 13.0 Å². The molecule has 0 unspecified atom stereocenters. The summed E-state index contributed by atoms with van der Waals surface area (Å²) in [4.78, 5) is 24.8. The van der Waals surface area contributed by atoms with E-state index in [1.54, 1.807) is 14.0 Å². The molecule has 1 aromatic carbocycles. The summed E-state index contributed by atoms with van der Waals surface area (Å²) in [7, 11) is 12.5. The minimum Gasteiger partial charge on any atom is -0.478 e. The van der Waals surface area contributed by atoms with Gasteiger partial charge in [0.2, 0.25) is 5.88 Å². The smallest absolute Gasteiger partial charge is 0.275 e. The average Bonchev–Trinajstić information content (AvgIpc) is 2.75. The lowest BCUT2D eigenvalue weighted by atomic mass is 9.66. The van der Waals surface area contributed by atoms with E-state index in [4.69, 9.17) is 37.3 Å². The number of methoxy groups -OCH3 is 1. The fourth-order valence-electron chi connectivity index (χ4n) is 3.80. The van der Waals surface area contributed by atoms with E-state index in [0.717, 1.165) is 18.5 Å². The number of rotatable bonds is 7. The Morgan fingerprint density at radius 3 is 2.66 bits per heavy atom. The zero-order valence-electron chi connectivity index (χ0n) is 19.3. The number of terminal acetylenes is 1. The highest BCUT2D eigenvalue weighted by Gasteiger charge is 2.44. The van der Waals surface area contributed by atoms with Crippen molar-refractivity contribution in [2.45, 2.75) is 36.0 Å². The van der Waals surface area contributed by atoms with Crippen molar-refractivity contribution in [2.75, 3.05) is 19.0 Å². The van der Waals surface area contributed by atoms with Crippen molar-refractivity contribution in [3.8, 4) is 18.2 Å². The number of aromatic nitrogens is 2. The average molecular weight is 495 g/mol. The summed E-state index contributed by atoms with van der Waals surface area (Å²) >= 11 is 1.30. The quantitative estimate of drug-likeness (QED) is 0.447. The van der Waals surface area contributed by atoms with Gasteiger partial charge in [0.05, 0.1) is 29.9 Å². The third-order valence-electron chi connectivity index (χ3n) is 5.10. The number of nitrogens with zero attached hydrogens (tertiary/aromatic N) is 3. The number of ether oxygens (including phenoxy) is 2. The van der Waals surface area contributed by atoms with Crippen LogP contribution in [0.5, 0.6) is 5.88 Å². The highest BCUT2D eigenvalue weighted by molar-refractivity contribution is 8.15. The van der Waals surface area contributed by atoms with E-state index in [9.17, 15) is 13.6 Å². The van der Waals surface area contributed by atoms with Crippen molar-refractivity contribution in [3.05, 3.63) is 47.4 Å². The maximum atomic E-state index is 14.9. The summed E-state index contributed by atoms with van der Waals surface area (Å²) < 4.78 is 39.3. The molecule has 1 aliphatic heterocycles. The molecule has 0 aliphatic carbocycles. The molecule has 0 saturated carbocycles. The van der Waals surface area contributed by atoms with E-state index in [2.05, 4.69) is 20.3 Å². The number of hydrogen-bond acceptors (Lipinski definition) is 8. The largest absolute Gasteiger partial charge is 0.478 e. The highest BCUT2D eigenvalue weighted by Crippen LogP contribution is 2.46. The second-order valence-corrected chi connectivity index (χ2v) is 10.0. The lowest BCUT2D eigenvalue weighted by Gasteiger charge is -2.41. The van der Waals surface area contributed by atoms with Gasteiger partial charge < -0.3 is 20.5 Å². The van der Waals surface area contributed by atoms with Crippen LogP contribution in [0.1, 0.15) is 36.3 Å². The maximum Gasteiger partial charge on any atom is 0.275 e. The fourth-order valence-corrected chi connectivity index (χ4v) is 5.08. The molecule has 2 heterocycles. The number of amides is 1. The summed E-state index contributed by atoms with van der Waals surface area (Å²) in [5, 5.41) is 0.792. The van der Waals surface area contributed by atoms with Gasteiger partial charge in [0.25, 0.3) is 5.91 Å². The Bertz CT molecular complexity index is 1210. The Labute approximate surface area is 208 Å². The minimum absolute atomic E-state index is 0.0111. The predicted molar refractivity (Wildman–Crippen MR) is 132 cm³/mol. The molecule has 3 N–H and O–H groups in total. The number of benzene rings is 1. The molecule has 178 valence electrons. The van der Waals surface area contributed by atoms with E-state index < -0.39 is 33.2 Å². The first-order chi connectivity index (χ1) is 16.3. The van der Waals surface area contributed by atoms with Crippen LogP contribution in [-0.2, 0) is 10.3 Å². The van der Waals surface area contributed by atoms with Crippen molar-refractivity contribution >= 4 is 44.2 Å². The summed E-state index contributed by atoms with van der Waals surface area (Å²) in [6.45, 7) is 3.86. The van der Waals surface area contributed by atoms with Crippen LogP contribution in [0.4, 0.5) is 14.5 Å². The predicted octanol–water partition coefficient (Wildman–Crippen LogP) is 2.08. The summed E-state index contributed by atoms with van der Waals surface area (Å²) in [5.41, 5.74) is 4.59. The number of thioether (sulfide) groups is 1. The van der Waals surface area contributed by atoms with Crippen molar-refractivity contribution in [3.63, 3.8) is 0 Å². The lowest BCUT2D eigenvalue weighted by Crippen LogP contribution is -2.43. The highest BCUT2D eigenvalue weighted by atomic mass is 32.2. The van der Waals surface area contributed by atoms with Crippen LogP contribution in [-0.4, -0.2) is 60.6 Å². The molecule has 8 nitrogen and oxygen atoms in total. The molecule has 13 heteroatoms. The Kier molecular flexibility index (Phi) is 7.48. The molecule has 0 spiro atoms. The van der Waals surface area contributed by atoms with Crippen molar-refractivity contribution in [2.24, 2.45) is 10.7 Å². The topological polar surface area (TPSA) is 112 Å². The molecule has 1 aliphatic rings. The zero-order valence-corrected chi connectivity index (χ0v) is 20.1. The minimum atomic E-state index is -1.90. The second kappa shape index (κ2) is 9.87. The standard InChI is InChI=1S/C22H21B2F2N5O3S/c1-5-22(23,24)34-16-9-28-15(8-29-16)18(32)30-12-6-13(17(26)14(25)7-12)21(3)10-20(2,11-33-4)35-19(27)31-21/h1,6-9H,10-11H2,2-4H3,(H2,27,31)(H,30,32)/t20-,21+/m1/s1. The number of hydrogen-bond donors (Lipinski definition) is 2. The van der Waals surface area contributed by atoms with Gasteiger partial charge in [0.15, 0.2) is 16.8 Å². The van der Waals surface area contributed by atoms with E-state index in [1.165, 1.54) is 17.8 Å². The van der Waals surface area contributed by atoms with Crippen LogP contribution in [0, 0.1) is 24.0 Å². The second-order valence-electron chi connectivity index (χ2n) is 8.44. The van der Waals surface area contributed by atoms with Crippen LogP contribution >= 0.6 is 11.8 Å². The van der Waals surface area contributed by atoms with Crippen LogP contribution in [0.2, 0.25) is 0 Å². The van der Waals surface area contributed by atoms with Gasteiger partial charge in [0, 0.05) is 29.2 Å². The number of carbonyl (C=O) groups excluding carboxylic acids is 1.